The number of hydrogen-bond donors (Lipinski definition) is 2. The van der Waals surface area contributed by atoms with Crippen LogP contribution in [0.5, 0.6) is 5.75 Å². The molecule has 120 valence electrons. The number of carbonyl (C=O) groups excluding carboxylic acids is 1. The SMILES string of the molecule is O=[C]Oc1ccc(-c2cc[c]cc2S(=O)(=O)O)c(S(=O)(=O)O)c1. The van der Waals surface area contributed by atoms with Gasteiger partial charge in [-0.3, -0.25) is 9.11 Å². The largest absolute Gasteiger partial charge is 0.423 e. The van der Waals surface area contributed by atoms with Gasteiger partial charge < -0.3 is 4.74 Å². The Kier molecular flexibility index (Phi) is 4.52. The summed E-state index contributed by atoms with van der Waals surface area (Å²) in [5, 5.41) is 0. The Balaban J connectivity index is 2.82. The molecule has 0 bridgehead atoms. The summed E-state index contributed by atoms with van der Waals surface area (Å²) in [6.45, 7) is 1.09. The van der Waals surface area contributed by atoms with Crippen molar-refractivity contribution in [3.63, 3.8) is 0 Å². The van der Waals surface area contributed by atoms with E-state index in [0.29, 0.717) is 0 Å². The van der Waals surface area contributed by atoms with Gasteiger partial charge in [-0.1, -0.05) is 12.1 Å². The summed E-state index contributed by atoms with van der Waals surface area (Å²) in [5.74, 6) is -0.229. The third-order valence-electron chi connectivity index (χ3n) is 2.78. The Morgan fingerprint density at radius 3 is 2.13 bits per heavy atom. The van der Waals surface area contributed by atoms with Gasteiger partial charge in [-0.2, -0.15) is 16.8 Å². The average Bonchev–Trinajstić information content (AvgIpc) is 2.46. The first kappa shape index (κ1) is 17.1. The van der Waals surface area contributed by atoms with Crippen LogP contribution < -0.4 is 4.74 Å². The van der Waals surface area contributed by atoms with Gasteiger partial charge in [0.05, 0.1) is 0 Å². The maximum Gasteiger partial charge on any atom is 0.423 e. The molecule has 2 N–H and O–H groups in total. The van der Waals surface area contributed by atoms with Gasteiger partial charge in [-0.25, -0.2) is 4.79 Å². The van der Waals surface area contributed by atoms with Crippen LogP contribution in [0.2, 0.25) is 0 Å². The molecule has 2 rings (SSSR count). The van der Waals surface area contributed by atoms with Gasteiger partial charge >= 0.3 is 6.47 Å². The lowest BCUT2D eigenvalue weighted by molar-refractivity contribution is 0.440. The molecule has 0 atom stereocenters. The van der Waals surface area contributed by atoms with E-state index in [-0.39, 0.29) is 16.9 Å². The zero-order valence-corrected chi connectivity index (χ0v) is 12.8. The smallest absolute Gasteiger partial charge is 0.418 e. The molecule has 8 nitrogen and oxygen atoms in total. The van der Waals surface area contributed by atoms with Crippen LogP contribution >= 0.6 is 0 Å². The van der Waals surface area contributed by atoms with Crippen molar-refractivity contribution in [3.05, 3.63) is 42.5 Å². The van der Waals surface area contributed by atoms with Gasteiger partial charge in [-0.05, 0) is 24.3 Å². The van der Waals surface area contributed by atoms with Crippen molar-refractivity contribution in [2.75, 3.05) is 0 Å². The summed E-state index contributed by atoms with van der Waals surface area (Å²) in [5.41, 5.74) is -0.395. The lowest BCUT2D eigenvalue weighted by atomic mass is 10.1. The zero-order chi connectivity index (χ0) is 17.3. The van der Waals surface area contributed by atoms with Crippen LogP contribution in [0.3, 0.4) is 0 Å². The quantitative estimate of drug-likeness (QED) is 0.760. The number of hydrogen-bond acceptors (Lipinski definition) is 6. The van der Waals surface area contributed by atoms with Gasteiger partial charge in [0.15, 0.2) is 0 Å². The van der Waals surface area contributed by atoms with E-state index in [2.05, 4.69) is 10.8 Å². The highest BCUT2D eigenvalue weighted by molar-refractivity contribution is 7.86. The molecule has 2 aromatic carbocycles. The van der Waals surface area contributed by atoms with Crippen LogP contribution in [0.25, 0.3) is 11.1 Å². The highest BCUT2D eigenvalue weighted by atomic mass is 32.2. The van der Waals surface area contributed by atoms with E-state index < -0.39 is 30.0 Å². The number of rotatable bonds is 5. The Morgan fingerprint density at radius 1 is 0.957 bits per heavy atom. The van der Waals surface area contributed by atoms with E-state index in [4.69, 9.17) is 0 Å². The van der Waals surface area contributed by atoms with Gasteiger partial charge in [0, 0.05) is 17.2 Å². The van der Waals surface area contributed by atoms with Crippen molar-refractivity contribution in [1.29, 1.82) is 0 Å². The molecule has 0 amide bonds. The maximum absolute atomic E-state index is 11.5. The Hall–Kier alpha value is -2.27. The highest BCUT2D eigenvalue weighted by Crippen LogP contribution is 2.34. The molecule has 2 radical (unpaired) electrons. The standard InChI is InChI=1S/C13H8O8S2/c14-8-21-9-5-6-11(13(7-9)23(18,19)20)10-3-1-2-4-12(10)22(15,16)17/h1,3-7H,(H,15,16,17)(H,18,19,20). The Morgan fingerprint density at radius 2 is 1.57 bits per heavy atom. The molecule has 10 heteroatoms. The normalized spacial score (nSPS) is 11.9. The monoisotopic (exact) mass is 356 g/mol. The van der Waals surface area contributed by atoms with Crippen LogP contribution in [0.4, 0.5) is 0 Å². The van der Waals surface area contributed by atoms with E-state index in [1.807, 2.05) is 0 Å². The molecule has 0 spiro atoms. The summed E-state index contributed by atoms with van der Waals surface area (Å²) < 4.78 is 68.8. The van der Waals surface area contributed by atoms with Crippen molar-refractivity contribution in [2.24, 2.45) is 0 Å². The fraction of sp³-hybridized carbons (Fsp3) is 0. The molecule has 0 saturated heterocycles. The molecule has 0 unspecified atom stereocenters. The lowest BCUT2D eigenvalue weighted by Crippen LogP contribution is -2.05. The molecule has 0 aliphatic carbocycles. The second kappa shape index (κ2) is 6.08. The topological polar surface area (TPSA) is 135 Å². The van der Waals surface area contributed by atoms with Gasteiger partial charge in [0.2, 0.25) is 0 Å². The van der Waals surface area contributed by atoms with E-state index in [9.17, 15) is 30.7 Å². The summed E-state index contributed by atoms with van der Waals surface area (Å²) in [6.07, 6.45) is 0. The molecule has 0 fully saturated rings. The van der Waals surface area contributed by atoms with E-state index in [1.165, 1.54) is 18.2 Å². The molecule has 0 aliphatic rings. The average molecular weight is 356 g/mol. The van der Waals surface area contributed by atoms with Gasteiger partial charge in [0.1, 0.15) is 15.5 Å². The molecular formula is C13H8O8S2. The first-order chi connectivity index (χ1) is 10.6. The fourth-order valence-electron chi connectivity index (χ4n) is 1.90. The predicted molar refractivity (Wildman–Crippen MR) is 76.7 cm³/mol. The van der Waals surface area contributed by atoms with Gasteiger partial charge in [-0.15, -0.1) is 0 Å². The maximum atomic E-state index is 11.5. The molecule has 2 aromatic rings. The van der Waals surface area contributed by atoms with Crippen LogP contribution in [-0.2, 0) is 25.0 Å². The minimum Gasteiger partial charge on any atom is -0.418 e. The Bertz CT molecular complexity index is 961. The molecule has 0 heterocycles. The molecular weight excluding hydrogens is 348 g/mol. The first-order valence-corrected chi connectivity index (χ1v) is 8.66. The third kappa shape index (κ3) is 3.74. The predicted octanol–water partition coefficient (Wildman–Crippen LogP) is 1.09. The molecule has 0 saturated carbocycles. The minimum atomic E-state index is -4.78. The van der Waals surface area contributed by atoms with Crippen LogP contribution in [0.15, 0.2) is 46.2 Å². The second-order valence-electron chi connectivity index (χ2n) is 4.22. The van der Waals surface area contributed by atoms with Crippen LogP contribution in [-0.4, -0.2) is 32.4 Å². The number of benzene rings is 2. The first-order valence-electron chi connectivity index (χ1n) is 5.78. The van der Waals surface area contributed by atoms with E-state index >= 15 is 0 Å². The summed E-state index contributed by atoms with van der Waals surface area (Å²) in [6, 6.07) is 8.97. The Labute approximate surface area is 131 Å². The van der Waals surface area contributed by atoms with Crippen LogP contribution in [0, 0.1) is 6.07 Å². The summed E-state index contributed by atoms with van der Waals surface area (Å²) in [4.78, 5) is 8.90. The summed E-state index contributed by atoms with van der Waals surface area (Å²) >= 11 is 0. The third-order valence-corrected chi connectivity index (χ3v) is 4.57. The zero-order valence-electron chi connectivity index (χ0n) is 11.1. The van der Waals surface area contributed by atoms with Crippen molar-refractivity contribution in [2.45, 2.75) is 9.79 Å². The second-order valence-corrected chi connectivity index (χ2v) is 7.00. The van der Waals surface area contributed by atoms with Crippen molar-refractivity contribution in [1.82, 2.24) is 0 Å². The minimum absolute atomic E-state index is 0.180. The lowest BCUT2D eigenvalue weighted by Gasteiger charge is -2.11. The molecule has 0 aliphatic heterocycles. The summed E-state index contributed by atoms with van der Waals surface area (Å²) in [7, 11) is -9.45. The molecule has 23 heavy (non-hydrogen) atoms. The van der Waals surface area contributed by atoms with Crippen molar-refractivity contribution in [3.8, 4) is 16.9 Å². The highest BCUT2D eigenvalue weighted by Gasteiger charge is 2.23. The fourth-order valence-corrected chi connectivity index (χ4v) is 3.30. The molecule has 0 aromatic heterocycles. The van der Waals surface area contributed by atoms with Crippen LogP contribution in [0.1, 0.15) is 0 Å². The van der Waals surface area contributed by atoms with Crippen molar-refractivity contribution < 1.29 is 35.5 Å². The van der Waals surface area contributed by atoms with E-state index in [0.717, 1.165) is 24.7 Å². The van der Waals surface area contributed by atoms with Gasteiger partial charge in [0.25, 0.3) is 20.2 Å². The number of ether oxygens (including phenoxy) is 1. The van der Waals surface area contributed by atoms with E-state index in [1.54, 1.807) is 0 Å². The van der Waals surface area contributed by atoms with Crippen molar-refractivity contribution >= 4 is 26.7 Å².